The molecular weight excluding hydrogens is 336 g/mol. The summed E-state index contributed by atoms with van der Waals surface area (Å²) in [5.74, 6) is -0.173. The first-order valence-electron chi connectivity index (χ1n) is 9.11. The maximum Gasteiger partial charge on any atom is 0.243 e. The van der Waals surface area contributed by atoms with Gasteiger partial charge in [0.1, 0.15) is 6.04 Å². The highest BCUT2D eigenvalue weighted by Crippen LogP contribution is 2.26. The van der Waals surface area contributed by atoms with E-state index in [1.165, 1.54) is 22.7 Å². The molecule has 0 saturated carbocycles. The number of nitrogens with zero attached hydrogens (tertiary/aromatic N) is 1. The fraction of sp³-hybridized carbons (Fsp3) is 0.526. The van der Waals surface area contributed by atoms with Crippen LogP contribution in [0, 0.1) is 0 Å². The van der Waals surface area contributed by atoms with Crippen LogP contribution in [0.15, 0.2) is 46.9 Å². The molecule has 136 valence electrons. The summed E-state index contributed by atoms with van der Waals surface area (Å²) < 4.78 is 27.0. The molecule has 1 amide bonds. The van der Waals surface area contributed by atoms with Gasteiger partial charge >= 0.3 is 0 Å². The quantitative estimate of drug-likeness (QED) is 0.792. The van der Waals surface area contributed by atoms with Crippen molar-refractivity contribution in [1.82, 2.24) is 9.62 Å². The van der Waals surface area contributed by atoms with Gasteiger partial charge in [0.15, 0.2) is 0 Å². The van der Waals surface area contributed by atoms with Crippen LogP contribution in [0.5, 0.6) is 0 Å². The molecule has 1 heterocycles. The van der Waals surface area contributed by atoms with Gasteiger partial charge in [-0.1, -0.05) is 29.8 Å². The van der Waals surface area contributed by atoms with Gasteiger partial charge in [-0.2, -0.15) is 4.31 Å². The van der Waals surface area contributed by atoms with E-state index in [2.05, 4.69) is 11.4 Å². The fourth-order valence-electron chi connectivity index (χ4n) is 3.61. The zero-order valence-corrected chi connectivity index (χ0v) is 15.3. The molecule has 0 radical (unpaired) electrons. The maximum atomic E-state index is 12.8. The van der Waals surface area contributed by atoms with Crippen molar-refractivity contribution < 1.29 is 13.2 Å². The van der Waals surface area contributed by atoms with Crippen molar-refractivity contribution in [3.8, 4) is 0 Å². The first-order chi connectivity index (χ1) is 12.1. The third-order valence-electron chi connectivity index (χ3n) is 4.99. The highest BCUT2D eigenvalue weighted by Gasteiger charge is 2.39. The minimum Gasteiger partial charge on any atom is -0.354 e. The van der Waals surface area contributed by atoms with Crippen LogP contribution < -0.4 is 5.32 Å². The number of allylic oxidation sites excluding steroid dienone is 1. The van der Waals surface area contributed by atoms with Crippen LogP contribution >= 0.6 is 0 Å². The number of rotatable bonds is 6. The molecule has 5 nitrogen and oxygen atoms in total. The molecule has 1 fully saturated rings. The lowest BCUT2D eigenvalue weighted by Crippen LogP contribution is -2.46. The molecule has 1 unspecified atom stereocenters. The Labute approximate surface area is 150 Å². The Kier molecular flexibility index (Phi) is 5.91. The number of benzene rings is 1. The van der Waals surface area contributed by atoms with Crippen LogP contribution in [-0.4, -0.2) is 37.8 Å². The number of carbonyl (C=O) groups excluding carboxylic acids is 1. The van der Waals surface area contributed by atoms with E-state index in [1.54, 1.807) is 30.3 Å². The van der Waals surface area contributed by atoms with Gasteiger partial charge in [0.25, 0.3) is 0 Å². The van der Waals surface area contributed by atoms with E-state index in [1.807, 2.05) is 0 Å². The van der Waals surface area contributed by atoms with Crippen LogP contribution in [0.25, 0.3) is 0 Å². The van der Waals surface area contributed by atoms with Crippen LogP contribution in [0.4, 0.5) is 0 Å². The van der Waals surface area contributed by atoms with Crippen molar-refractivity contribution in [2.24, 2.45) is 0 Å². The number of amides is 1. The van der Waals surface area contributed by atoms with E-state index in [0.29, 0.717) is 19.5 Å². The van der Waals surface area contributed by atoms with Gasteiger partial charge in [-0.15, -0.1) is 0 Å². The zero-order chi connectivity index (χ0) is 17.7. The topological polar surface area (TPSA) is 66.5 Å². The summed E-state index contributed by atoms with van der Waals surface area (Å²) in [6.45, 7) is 0.987. The zero-order valence-electron chi connectivity index (χ0n) is 14.5. The molecule has 25 heavy (non-hydrogen) atoms. The summed E-state index contributed by atoms with van der Waals surface area (Å²) >= 11 is 0. The molecular formula is C19H26N2O3S. The Morgan fingerprint density at radius 2 is 1.96 bits per heavy atom. The van der Waals surface area contributed by atoms with Gasteiger partial charge < -0.3 is 5.32 Å². The number of sulfonamides is 1. The van der Waals surface area contributed by atoms with Crippen molar-refractivity contribution in [2.45, 2.75) is 55.9 Å². The monoisotopic (exact) mass is 362 g/mol. The summed E-state index contributed by atoms with van der Waals surface area (Å²) in [5, 5.41) is 2.94. The highest BCUT2D eigenvalue weighted by atomic mass is 32.2. The van der Waals surface area contributed by atoms with E-state index in [-0.39, 0.29) is 10.8 Å². The van der Waals surface area contributed by atoms with Gasteiger partial charge in [-0.05, 0) is 57.1 Å². The minimum absolute atomic E-state index is 0.173. The molecule has 1 aliphatic carbocycles. The van der Waals surface area contributed by atoms with Crippen molar-refractivity contribution in [1.29, 1.82) is 0 Å². The molecule has 1 atom stereocenters. The van der Waals surface area contributed by atoms with Crippen molar-refractivity contribution in [3.63, 3.8) is 0 Å². The second-order valence-corrected chi connectivity index (χ2v) is 8.63. The van der Waals surface area contributed by atoms with Crippen LogP contribution in [0.3, 0.4) is 0 Å². The maximum absolute atomic E-state index is 12.8. The second-order valence-electron chi connectivity index (χ2n) is 6.74. The number of hydrogen-bond donors (Lipinski definition) is 1. The molecule has 1 aromatic carbocycles. The smallest absolute Gasteiger partial charge is 0.243 e. The Balaban J connectivity index is 1.61. The predicted molar refractivity (Wildman–Crippen MR) is 97.5 cm³/mol. The molecule has 3 rings (SSSR count). The lowest BCUT2D eigenvalue weighted by Gasteiger charge is -2.23. The first-order valence-corrected chi connectivity index (χ1v) is 10.6. The lowest BCUT2D eigenvalue weighted by molar-refractivity contribution is -0.124. The SMILES string of the molecule is O=C(NCCC1=CCCCC1)C1CCCN1S(=O)(=O)c1ccccc1. The molecule has 6 heteroatoms. The fourth-order valence-corrected chi connectivity index (χ4v) is 5.29. The summed E-state index contributed by atoms with van der Waals surface area (Å²) in [5.41, 5.74) is 1.41. The van der Waals surface area contributed by atoms with E-state index in [9.17, 15) is 13.2 Å². The van der Waals surface area contributed by atoms with Gasteiger partial charge in [0.05, 0.1) is 4.90 Å². The summed E-state index contributed by atoms with van der Waals surface area (Å²) in [4.78, 5) is 12.8. The van der Waals surface area contributed by atoms with Crippen LogP contribution in [0.2, 0.25) is 0 Å². The number of nitrogens with one attached hydrogen (secondary N) is 1. The largest absolute Gasteiger partial charge is 0.354 e. The molecule has 2 aliphatic rings. The van der Waals surface area contributed by atoms with E-state index in [4.69, 9.17) is 0 Å². The van der Waals surface area contributed by atoms with Crippen LogP contribution in [-0.2, 0) is 14.8 Å². The predicted octanol–water partition coefficient (Wildman–Crippen LogP) is 2.85. The van der Waals surface area contributed by atoms with Gasteiger partial charge in [-0.3, -0.25) is 4.79 Å². The minimum atomic E-state index is -3.62. The van der Waals surface area contributed by atoms with E-state index in [0.717, 1.165) is 25.7 Å². The van der Waals surface area contributed by atoms with Crippen molar-refractivity contribution in [2.75, 3.05) is 13.1 Å². The molecule has 1 aromatic rings. The molecule has 0 aromatic heterocycles. The van der Waals surface area contributed by atoms with Crippen molar-refractivity contribution >= 4 is 15.9 Å². The molecule has 1 saturated heterocycles. The van der Waals surface area contributed by atoms with E-state index < -0.39 is 16.1 Å². The highest BCUT2D eigenvalue weighted by molar-refractivity contribution is 7.89. The van der Waals surface area contributed by atoms with Gasteiger partial charge in [-0.25, -0.2) is 8.42 Å². The molecule has 0 bridgehead atoms. The van der Waals surface area contributed by atoms with Gasteiger partial charge in [0.2, 0.25) is 15.9 Å². The second kappa shape index (κ2) is 8.15. The molecule has 0 spiro atoms. The first kappa shape index (κ1) is 18.1. The number of carbonyl (C=O) groups is 1. The Morgan fingerprint density at radius 3 is 2.68 bits per heavy atom. The Hall–Kier alpha value is -1.66. The Morgan fingerprint density at radius 1 is 1.16 bits per heavy atom. The van der Waals surface area contributed by atoms with Crippen LogP contribution in [0.1, 0.15) is 44.9 Å². The lowest BCUT2D eigenvalue weighted by atomic mass is 9.97. The molecule has 1 aliphatic heterocycles. The van der Waals surface area contributed by atoms with Crippen molar-refractivity contribution in [3.05, 3.63) is 42.0 Å². The van der Waals surface area contributed by atoms with Gasteiger partial charge in [0, 0.05) is 13.1 Å². The third kappa shape index (κ3) is 4.30. The average Bonchev–Trinajstić information content (AvgIpc) is 3.14. The molecule has 1 N–H and O–H groups in total. The summed E-state index contributed by atoms with van der Waals surface area (Å²) in [6.07, 6.45) is 9.18. The standard InChI is InChI=1S/C19H26N2O3S/c22-19(20-14-13-16-8-3-1-4-9-16)18-12-7-15-21(18)25(23,24)17-10-5-2-6-11-17/h2,5-6,8,10-11,18H,1,3-4,7,9,12-15H2,(H,20,22). The average molecular weight is 362 g/mol. The normalized spacial score (nSPS) is 21.8. The summed E-state index contributed by atoms with van der Waals surface area (Å²) in [6, 6.07) is 7.76. The summed E-state index contributed by atoms with van der Waals surface area (Å²) in [7, 11) is -3.62. The Bertz CT molecular complexity index is 728. The van der Waals surface area contributed by atoms with E-state index >= 15 is 0 Å². The number of hydrogen-bond acceptors (Lipinski definition) is 3. The third-order valence-corrected chi connectivity index (χ3v) is 6.91.